The lowest BCUT2D eigenvalue weighted by Crippen LogP contribution is -2.55. The lowest BCUT2D eigenvalue weighted by atomic mass is 9.60. The molecule has 1 saturated carbocycles. The monoisotopic (exact) mass is 441 g/mol. The Kier molecular flexibility index (Phi) is 6.80. The second-order valence-corrected chi connectivity index (χ2v) is 9.79. The zero-order valence-electron chi connectivity index (χ0n) is 19.7. The highest BCUT2D eigenvalue weighted by Gasteiger charge is 2.47. The van der Waals surface area contributed by atoms with Crippen molar-refractivity contribution < 1.29 is 9.47 Å². The van der Waals surface area contributed by atoms with E-state index in [0.717, 1.165) is 25.4 Å². The molecule has 5 rings (SSSR count). The number of nitrogens with zero attached hydrogens (tertiary/aromatic N) is 1. The van der Waals surface area contributed by atoms with E-state index in [1.54, 1.807) is 7.11 Å². The Labute approximate surface area is 198 Å². The van der Waals surface area contributed by atoms with Crippen molar-refractivity contribution in [3.05, 3.63) is 102 Å². The van der Waals surface area contributed by atoms with Gasteiger partial charge in [-0.05, 0) is 72.4 Å². The van der Waals surface area contributed by atoms with Crippen LogP contribution in [0.5, 0.6) is 5.75 Å². The predicted octanol–water partition coefficient (Wildman–Crippen LogP) is 6.22. The van der Waals surface area contributed by atoms with Crippen molar-refractivity contribution in [2.75, 3.05) is 20.3 Å². The van der Waals surface area contributed by atoms with Crippen LogP contribution < -0.4 is 4.74 Å². The molecule has 2 bridgehead atoms. The van der Waals surface area contributed by atoms with Crippen molar-refractivity contribution in [2.45, 2.75) is 50.3 Å². The van der Waals surface area contributed by atoms with E-state index in [2.05, 4.69) is 89.8 Å². The van der Waals surface area contributed by atoms with Gasteiger partial charge in [-0.2, -0.15) is 0 Å². The van der Waals surface area contributed by atoms with E-state index in [1.807, 2.05) is 0 Å². The molecular weight excluding hydrogens is 406 g/mol. The van der Waals surface area contributed by atoms with E-state index in [1.165, 1.54) is 42.4 Å². The second-order valence-electron chi connectivity index (χ2n) is 9.79. The number of benzene rings is 3. The lowest BCUT2D eigenvalue weighted by Gasteiger charge is -2.54. The van der Waals surface area contributed by atoms with Crippen LogP contribution in [0.1, 0.15) is 42.4 Å². The number of fused-ring (bicyclic) bond motifs is 2. The van der Waals surface area contributed by atoms with E-state index < -0.39 is 0 Å². The van der Waals surface area contributed by atoms with Gasteiger partial charge < -0.3 is 9.47 Å². The molecular formula is C30H35NO2. The summed E-state index contributed by atoms with van der Waals surface area (Å²) in [6.07, 6.45) is 4.85. The summed E-state index contributed by atoms with van der Waals surface area (Å²) < 4.78 is 11.8. The molecule has 3 atom stereocenters. The fourth-order valence-electron chi connectivity index (χ4n) is 5.97. The molecule has 3 aromatic carbocycles. The fraction of sp³-hybridized carbons (Fsp3) is 0.400. The van der Waals surface area contributed by atoms with Gasteiger partial charge in [-0.25, -0.2) is 0 Å². The van der Waals surface area contributed by atoms with Gasteiger partial charge in [0.05, 0.1) is 20.3 Å². The highest BCUT2D eigenvalue weighted by atomic mass is 16.5. The van der Waals surface area contributed by atoms with E-state index in [9.17, 15) is 0 Å². The van der Waals surface area contributed by atoms with E-state index in [-0.39, 0.29) is 5.41 Å². The zero-order valence-corrected chi connectivity index (χ0v) is 19.7. The van der Waals surface area contributed by atoms with Crippen molar-refractivity contribution in [3.63, 3.8) is 0 Å². The standard InChI is InChI=1S/C30H35NO2/c1-32-28-14-8-13-27(19-28)30-16-15-26(23-33-22-25-11-6-3-7-12-25)29(20-30)31(18-17-30)21-24-9-4-2-5-10-24/h2-14,19,26,29H,15-18,20-23H2,1H3. The normalized spacial score (nSPS) is 25.0. The molecule has 3 unspecified atom stereocenters. The predicted molar refractivity (Wildman–Crippen MR) is 133 cm³/mol. The van der Waals surface area contributed by atoms with Gasteiger partial charge in [0.15, 0.2) is 0 Å². The molecule has 2 aliphatic rings. The summed E-state index contributed by atoms with van der Waals surface area (Å²) >= 11 is 0. The maximum atomic E-state index is 6.28. The topological polar surface area (TPSA) is 21.7 Å². The number of likely N-dealkylation sites (tertiary alicyclic amines) is 1. The first kappa shape index (κ1) is 22.2. The summed E-state index contributed by atoms with van der Waals surface area (Å²) in [7, 11) is 1.77. The van der Waals surface area contributed by atoms with Gasteiger partial charge >= 0.3 is 0 Å². The molecule has 1 heterocycles. The minimum absolute atomic E-state index is 0.252. The molecule has 33 heavy (non-hydrogen) atoms. The highest BCUT2D eigenvalue weighted by Crippen LogP contribution is 2.49. The van der Waals surface area contributed by atoms with E-state index >= 15 is 0 Å². The first-order valence-corrected chi connectivity index (χ1v) is 12.3. The van der Waals surface area contributed by atoms with Gasteiger partial charge in [-0.3, -0.25) is 4.90 Å². The highest BCUT2D eigenvalue weighted by molar-refractivity contribution is 5.35. The van der Waals surface area contributed by atoms with Gasteiger partial charge in [0.2, 0.25) is 0 Å². The average Bonchev–Trinajstić information content (AvgIpc) is 2.88. The fourth-order valence-corrected chi connectivity index (χ4v) is 5.97. The van der Waals surface area contributed by atoms with E-state index in [0.29, 0.717) is 18.6 Å². The Bertz CT molecular complexity index is 1020. The Morgan fingerprint density at radius 2 is 1.64 bits per heavy atom. The van der Waals surface area contributed by atoms with Crippen molar-refractivity contribution >= 4 is 0 Å². The van der Waals surface area contributed by atoms with Crippen LogP contribution in [0.3, 0.4) is 0 Å². The van der Waals surface area contributed by atoms with E-state index in [4.69, 9.17) is 9.47 Å². The Morgan fingerprint density at radius 3 is 2.39 bits per heavy atom. The SMILES string of the molecule is COc1cccc(C23CCC(COCc4ccccc4)C(C2)N(Cc2ccccc2)CC3)c1. The third-order valence-corrected chi connectivity index (χ3v) is 7.84. The van der Waals surface area contributed by atoms with Crippen molar-refractivity contribution in [3.8, 4) is 5.75 Å². The van der Waals surface area contributed by atoms with Gasteiger partial charge in [0.1, 0.15) is 5.75 Å². The summed E-state index contributed by atoms with van der Waals surface area (Å²) in [6.45, 7) is 3.68. The first-order valence-electron chi connectivity index (χ1n) is 12.3. The van der Waals surface area contributed by atoms with Crippen LogP contribution in [0.4, 0.5) is 0 Å². The number of piperidine rings is 1. The van der Waals surface area contributed by atoms with Crippen LogP contribution in [0.25, 0.3) is 0 Å². The Hall–Kier alpha value is -2.62. The lowest BCUT2D eigenvalue weighted by molar-refractivity contribution is -0.0324. The molecule has 0 N–H and O–H groups in total. The summed E-state index contributed by atoms with van der Waals surface area (Å²) in [5.41, 5.74) is 4.36. The molecule has 3 aromatic rings. The number of hydrogen-bond acceptors (Lipinski definition) is 3. The van der Waals surface area contributed by atoms with Crippen molar-refractivity contribution in [2.24, 2.45) is 5.92 Å². The minimum Gasteiger partial charge on any atom is -0.497 e. The second kappa shape index (κ2) is 10.1. The molecule has 0 spiro atoms. The van der Waals surface area contributed by atoms with Gasteiger partial charge in [-0.15, -0.1) is 0 Å². The van der Waals surface area contributed by atoms with Crippen LogP contribution in [0.15, 0.2) is 84.9 Å². The number of hydrogen-bond donors (Lipinski definition) is 0. The van der Waals surface area contributed by atoms with Gasteiger partial charge in [0, 0.05) is 12.6 Å². The summed E-state index contributed by atoms with van der Waals surface area (Å²) in [4.78, 5) is 2.73. The third kappa shape index (κ3) is 5.00. The van der Waals surface area contributed by atoms with Crippen LogP contribution in [-0.4, -0.2) is 31.2 Å². The maximum absolute atomic E-state index is 6.28. The average molecular weight is 442 g/mol. The summed E-state index contributed by atoms with van der Waals surface area (Å²) in [5, 5.41) is 0. The Balaban J connectivity index is 1.34. The molecule has 2 fully saturated rings. The summed E-state index contributed by atoms with van der Waals surface area (Å²) in [6, 6.07) is 30.8. The number of methoxy groups -OCH3 is 1. The van der Waals surface area contributed by atoms with Crippen molar-refractivity contribution in [1.82, 2.24) is 4.90 Å². The van der Waals surface area contributed by atoms with Gasteiger partial charge in [0.25, 0.3) is 0 Å². The first-order chi connectivity index (χ1) is 16.3. The Morgan fingerprint density at radius 1 is 0.879 bits per heavy atom. The molecule has 0 amide bonds. The molecule has 172 valence electrons. The number of rotatable bonds is 8. The van der Waals surface area contributed by atoms with Crippen LogP contribution in [-0.2, 0) is 23.3 Å². The molecule has 1 aliphatic carbocycles. The minimum atomic E-state index is 0.252. The van der Waals surface area contributed by atoms with Crippen LogP contribution in [0, 0.1) is 5.92 Å². The largest absolute Gasteiger partial charge is 0.497 e. The number of ether oxygens (including phenoxy) is 2. The molecule has 3 heteroatoms. The van der Waals surface area contributed by atoms with Gasteiger partial charge in [-0.1, -0.05) is 72.8 Å². The molecule has 1 saturated heterocycles. The maximum Gasteiger partial charge on any atom is 0.119 e. The summed E-state index contributed by atoms with van der Waals surface area (Å²) in [5.74, 6) is 1.54. The molecule has 3 nitrogen and oxygen atoms in total. The zero-order chi connectivity index (χ0) is 22.5. The quantitative estimate of drug-likeness (QED) is 0.414. The molecule has 0 aromatic heterocycles. The van der Waals surface area contributed by atoms with Crippen LogP contribution >= 0.6 is 0 Å². The smallest absolute Gasteiger partial charge is 0.119 e. The van der Waals surface area contributed by atoms with Crippen LogP contribution in [0.2, 0.25) is 0 Å². The molecule has 0 radical (unpaired) electrons. The third-order valence-electron chi connectivity index (χ3n) is 7.84. The molecule has 1 aliphatic heterocycles. The van der Waals surface area contributed by atoms with Crippen molar-refractivity contribution in [1.29, 1.82) is 0 Å².